The van der Waals surface area contributed by atoms with E-state index in [9.17, 15) is 9.59 Å². The second kappa shape index (κ2) is 7.76. The molecule has 1 atom stereocenters. The lowest BCUT2D eigenvalue weighted by atomic mass is 10.1. The van der Waals surface area contributed by atoms with Crippen molar-refractivity contribution in [3.05, 3.63) is 66.1 Å². The zero-order valence-electron chi connectivity index (χ0n) is 15.7. The number of carbonyl (C=O) groups is 2. The topological polar surface area (TPSA) is 71.8 Å². The van der Waals surface area contributed by atoms with Gasteiger partial charge in [-0.2, -0.15) is 0 Å². The standard InChI is InChI=1S/C22H22N2O4/c1-27-19-7-6-16-9-15(4-5-17(16)10-19)12-23-22(26)18-11-21(25)24(13-18)14-20-3-2-8-28-20/h2-10,18H,11-14H2,1H3,(H,23,26). The van der Waals surface area contributed by atoms with Crippen LogP contribution in [0.3, 0.4) is 0 Å². The van der Waals surface area contributed by atoms with E-state index in [4.69, 9.17) is 9.15 Å². The van der Waals surface area contributed by atoms with Crippen molar-refractivity contribution in [3.8, 4) is 5.75 Å². The summed E-state index contributed by atoms with van der Waals surface area (Å²) >= 11 is 0. The Labute approximate surface area is 163 Å². The Morgan fingerprint density at radius 1 is 1.21 bits per heavy atom. The third kappa shape index (κ3) is 3.86. The third-order valence-electron chi connectivity index (χ3n) is 5.09. The highest BCUT2D eigenvalue weighted by Gasteiger charge is 2.34. The van der Waals surface area contributed by atoms with Crippen LogP contribution >= 0.6 is 0 Å². The van der Waals surface area contributed by atoms with E-state index in [-0.39, 0.29) is 24.2 Å². The van der Waals surface area contributed by atoms with Gasteiger partial charge in [0.15, 0.2) is 0 Å². The number of methoxy groups -OCH3 is 1. The van der Waals surface area contributed by atoms with Crippen LogP contribution in [-0.2, 0) is 22.7 Å². The van der Waals surface area contributed by atoms with Crippen molar-refractivity contribution in [2.75, 3.05) is 13.7 Å². The summed E-state index contributed by atoms with van der Waals surface area (Å²) in [6, 6.07) is 15.6. The molecule has 28 heavy (non-hydrogen) atoms. The molecule has 0 bridgehead atoms. The van der Waals surface area contributed by atoms with Crippen LogP contribution in [0, 0.1) is 5.92 Å². The van der Waals surface area contributed by atoms with Crippen molar-refractivity contribution in [2.24, 2.45) is 5.92 Å². The molecule has 4 rings (SSSR count). The molecule has 6 heteroatoms. The summed E-state index contributed by atoms with van der Waals surface area (Å²) in [5.41, 5.74) is 1.02. The normalized spacial score (nSPS) is 16.5. The molecule has 1 unspecified atom stereocenters. The maximum atomic E-state index is 12.5. The van der Waals surface area contributed by atoms with E-state index in [1.807, 2.05) is 36.4 Å². The second-order valence-electron chi connectivity index (χ2n) is 7.02. The van der Waals surface area contributed by atoms with Gasteiger partial charge in [-0.15, -0.1) is 0 Å². The van der Waals surface area contributed by atoms with Gasteiger partial charge < -0.3 is 19.4 Å². The molecular formula is C22H22N2O4. The predicted molar refractivity (Wildman–Crippen MR) is 105 cm³/mol. The number of amides is 2. The minimum atomic E-state index is -0.327. The van der Waals surface area contributed by atoms with Crippen molar-refractivity contribution in [2.45, 2.75) is 19.5 Å². The molecule has 0 aliphatic carbocycles. The summed E-state index contributed by atoms with van der Waals surface area (Å²) in [6.45, 7) is 1.26. The average Bonchev–Trinajstić information content (AvgIpc) is 3.36. The lowest BCUT2D eigenvalue weighted by Crippen LogP contribution is -2.32. The van der Waals surface area contributed by atoms with Crippen LogP contribution in [0.4, 0.5) is 0 Å². The first-order valence-electron chi connectivity index (χ1n) is 9.27. The van der Waals surface area contributed by atoms with E-state index >= 15 is 0 Å². The zero-order chi connectivity index (χ0) is 19.5. The van der Waals surface area contributed by atoms with Crippen molar-refractivity contribution in [1.29, 1.82) is 0 Å². The van der Waals surface area contributed by atoms with Crippen LogP contribution in [0.5, 0.6) is 5.75 Å². The van der Waals surface area contributed by atoms with Crippen molar-refractivity contribution < 1.29 is 18.7 Å². The van der Waals surface area contributed by atoms with Gasteiger partial charge in [0.25, 0.3) is 0 Å². The number of rotatable bonds is 6. The highest BCUT2D eigenvalue weighted by Crippen LogP contribution is 2.23. The number of furan rings is 1. The van der Waals surface area contributed by atoms with Gasteiger partial charge in [-0.1, -0.05) is 18.2 Å². The molecule has 2 heterocycles. The molecule has 2 amide bonds. The van der Waals surface area contributed by atoms with Crippen LogP contribution in [0.2, 0.25) is 0 Å². The van der Waals surface area contributed by atoms with E-state index in [1.165, 1.54) is 0 Å². The van der Waals surface area contributed by atoms with Crippen molar-refractivity contribution in [1.82, 2.24) is 10.2 Å². The summed E-state index contributed by atoms with van der Waals surface area (Å²) < 4.78 is 10.5. The highest BCUT2D eigenvalue weighted by atomic mass is 16.5. The van der Waals surface area contributed by atoms with Crippen molar-refractivity contribution in [3.63, 3.8) is 0 Å². The molecule has 3 aromatic rings. The first-order valence-corrected chi connectivity index (χ1v) is 9.27. The van der Waals surface area contributed by atoms with Crippen LogP contribution in [-0.4, -0.2) is 30.4 Å². The largest absolute Gasteiger partial charge is 0.497 e. The SMILES string of the molecule is COc1ccc2cc(CNC(=O)C3CC(=O)N(Cc4ccco4)C3)ccc2c1. The molecule has 1 saturated heterocycles. The predicted octanol–water partition coefficient (Wildman–Crippen LogP) is 3.11. The van der Waals surface area contributed by atoms with Gasteiger partial charge in [-0.25, -0.2) is 0 Å². The van der Waals surface area contributed by atoms with Gasteiger partial charge in [0, 0.05) is 19.5 Å². The van der Waals surface area contributed by atoms with Gasteiger partial charge in [0.05, 0.1) is 25.8 Å². The molecule has 1 N–H and O–H groups in total. The molecule has 0 radical (unpaired) electrons. The smallest absolute Gasteiger partial charge is 0.225 e. The summed E-state index contributed by atoms with van der Waals surface area (Å²) in [5, 5.41) is 5.14. The van der Waals surface area contributed by atoms with Crippen LogP contribution in [0.15, 0.2) is 59.2 Å². The second-order valence-corrected chi connectivity index (χ2v) is 7.02. The van der Waals surface area contributed by atoms with E-state index in [2.05, 4.69) is 11.4 Å². The Hall–Kier alpha value is -3.28. The number of benzene rings is 2. The maximum absolute atomic E-state index is 12.5. The maximum Gasteiger partial charge on any atom is 0.225 e. The fourth-order valence-corrected chi connectivity index (χ4v) is 3.54. The average molecular weight is 378 g/mol. The van der Waals surface area contributed by atoms with Crippen LogP contribution in [0.25, 0.3) is 10.8 Å². The highest BCUT2D eigenvalue weighted by molar-refractivity contribution is 5.89. The van der Waals surface area contributed by atoms with E-state index in [0.717, 1.165) is 27.8 Å². The summed E-state index contributed by atoms with van der Waals surface area (Å²) in [7, 11) is 1.65. The Morgan fingerprint density at radius 3 is 2.82 bits per heavy atom. The fourth-order valence-electron chi connectivity index (χ4n) is 3.54. The molecule has 0 spiro atoms. The van der Waals surface area contributed by atoms with Crippen LogP contribution in [0.1, 0.15) is 17.7 Å². The number of hydrogen-bond donors (Lipinski definition) is 1. The molecule has 1 aromatic heterocycles. The molecule has 2 aromatic carbocycles. The summed E-state index contributed by atoms with van der Waals surface area (Å²) in [4.78, 5) is 26.4. The number of fused-ring (bicyclic) bond motifs is 1. The van der Waals surface area contributed by atoms with Gasteiger partial charge in [-0.3, -0.25) is 9.59 Å². The lowest BCUT2D eigenvalue weighted by Gasteiger charge is -2.15. The van der Waals surface area contributed by atoms with Gasteiger partial charge in [0.1, 0.15) is 11.5 Å². The molecular weight excluding hydrogens is 356 g/mol. The minimum absolute atomic E-state index is 0.0174. The molecule has 1 aliphatic rings. The van der Waals surface area contributed by atoms with Gasteiger partial charge in [-0.05, 0) is 46.7 Å². The third-order valence-corrected chi connectivity index (χ3v) is 5.09. The first-order chi connectivity index (χ1) is 13.6. The Kier molecular flexibility index (Phi) is 5.02. The number of likely N-dealkylation sites (tertiary alicyclic amines) is 1. The number of nitrogens with one attached hydrogen (secondary N) is 1. The summed E-state index contributed by atoms with van der Waals surface area (Å²) in [6.07, 6.45) is 1.82. The molecule has 1 aliphatic heterocycles. The summed E-state index contributed by atoms with van der Waals surface area (Å²) in [5.74, 6) is 1.11. The number of ether oxygens (including phenoxy) is 1. The number of hydrogen-bond acceptors (Lipinski definition) is 4. The van der Waals surface area contributed by atoms with E-state index in [1.54, 1.807) is 24.3 Å². The van der Waals surface area contributed by atoms with Gasteiger partial charge >= 0.3 is 0 Å². The lowest BCUT2D eigenvalue weighted by molar-refractivity contribution is -0.129. The minimum Gasteiger partial charge on any atom is -0.497 e. The molecule has 0 saturated carbocycles. The van der Waals surface area contributed by atoms with Crippen molar-refractivity contribution >= 4 is 22.6 Å². The first kappa shape index (κ1) is 18.1. The number of nitrogens with zero attached hydrogens (tertiary/aromatic N) is 1. The van der Waals surface area contributed by atoms with E-state index < -0.39 is 0 Å². The van der Waals surface area contributed by atoms with E-state index in [0.29, 0.717) is 19.6 Å². The monoisotopic (exact) mass is 378 g/mol. The quantitative estimate of drug-likeness (QED) is 0.715. The fraction of sp³-hybridized carbons (Fsp3) is 0.273. The van der Waals surface area contributed by atoms with Crippen LogP contribution < -0.4 is 10.1 Å². The number of carbonyl (C=O) groups excluding carboxylic acids is 2. The van der Waals surface area contributed by atoms with Gasteiger partial charge in [0.2, 0.25) is 11.8 Å². The molecule has 1 fully saturated rings. The Bertz CT molecular complexity index is 997. The zero-order valence-corrected chi connectivity index (χ0v) is 15.7. The Morgan fingerprint density at radius 2 is 2.04 bits per heavy atom. The Balaban J connectivity index is 1.35. The molecule has 6 nitrogen and oxygen atoms in total. The molecule has 144 valence electrons.